The number of hydrogen-bond acceptors (Lipinski definition) is 2. The van der Waals surface area contributed by atoms with E-state index in [-0.39, 0.29) is 17.9 Å². The molecule has 1 N–H and O–H groups in total. The quantitative estimate of drug-likeness (QED) is 0.806. The second kappa shape index (κ2) is 7.96. The van der Waals surface area contributed by atoms with E-state index in [1.165, 1.54) is 6.42 Å². The first-order valence-corrected chi connectivity index (χ1v) is 10.4. The zero-order valence-electron chi connectivity index (χ0n) is 15.9. The van der Waals surface area contributed by atoms with Crippen molar-refractivity contribution in [3.63, 3.8) is 0 Å². The molecular weight excluding hydrogens is 372 g/mol. The summed E-state index contributed by atoms with van der Waals surface area (Å²) in [6, 6.07) is 17.0. The van der Waals surface area contributed by atoms with Crippen LogP contribution in [-0.2, 0) is 15.1 Å². The first-order valence-electron chi connectivity index (χ1n) is 10.1. The topological polar surface area (TPSA) is 49.4 Å². The van der Waals surface area contributed by atoms with Crippen molar-refractivity contribution in [3.05, 3.63) is 65.2 Å². The van der Waals surface area contributed by atoms with Crippen LogP contribution in [0, 0.1) is 0 Å². The van der Waals surface area contributed by atoms with Gasteiger partial charge in [0.1, 0.15) is 0 Å². The van der Waals surface area contributed by atoms with Crippen LogP contribution in [0.1, 0.15) is 50.5 Å². The second-order valence-electron chi connectivity index (χ2n) is 7.74. The summed E-state index contributed by atoms with van der Waals surface area (Å²) in [5.74, 6) is -0.114. The largest absolute Gasteiger partial charge is 0.351 e. The highest BCUT2D eigenvalue weighted by atomic mass is 35.5. The number of hydrogen-bond donors (Lipinski definition) is 1. The van der Waals surface area contributed by atoms with Crippen LogP contribution in [0.5, 0.6) is 0 Å². The van der Waals surface area contributed by atoms with Gasteiger partial charge in [0.25, 0.3) is 5.91 Å². The zero-order chi connectivity index (χ0) is 19.6. The molecule has 28 heavy (non-hydrogen) atoms. The van der Waals surface area contributed by atoms with Gasteiger partial charge in [-0.2, -0.15) is 0 Å². The molecule has 4 nitrogen and oxygen atoms in total. The molecule has 0 aromatic heterocycles. The number of nitrogens with one attached hydrogen (secondary N) is 1. The van der Waals surface area contributed by atoms with E-state index in [4.69, 9.17) is 11.6 Å². The Morgan fingerprint density at radius 2 is 1.68 bits per heavy atom. The normalized spacial score (nSPS) is 23.0. The van der Waals surface area contributed by atoms with Crippen molar-refractivity contribution >= 4 is 29.1 Å². The maximum absolute atomic E-state index is 13.7. The Morgan fingerprint density at radius 3 is 2.36 bits per heavy atom. The van der Waals surface area contributed by atoms with Crippen LogP contribution >= 0.6 is 11.6 Å². The van der Waals surface area contributed by atoms with Gasteiger partial charge in [-0.15, -0.1) is 0 Å². The fraction of sp³-hybridized carbons (Fsp3) is 0.391. The number of halogens is 1. The number of benzene rings is 2. The van der Waals surface area contributed by atoms with Crippen molar-refractivity contribution in [1.29, 1.82) is 0 Å². The molecule has 2 aromatic carbocycles. The Labute approximate surface area is 170 Å². The fourth-order valence-corrected chi connectivity index (χ4v) is 4.69. The van der Waals surface area contributed by atoms with Gasteiger partial charge in [-0.3, -0.25) is 14.5 Å². The maximum Gasteiger partial charge on any atom is 0.251 e. The maximum atomic E-state index is 13.7. The Bertz CT molecular complexity index is 847. The molecule has 1 saturated heterocycles. The van der Waals surface area contributed by atoms with E-state index in [0.29, 0.717) is 17.9 Å². The minimum absolute atomic E-state index is 0.0278. The molecule has 1 aliphatic carbocycles. The summed E-state index contributed by atoms with van der Waals surface area (Å²) >= 11 is 6.10. The molecule has 0 radical (unpaired) electrons. The van der Waals surface area contributed by atoms with Gasteiger partial charge < -0.3 is 5.32 Å². The van der Waals surface area contributed by atoms with E-state index < -0.39 is 5.54 Å². The SMILES string of the molecule is O=C1CCC(C(=O)NC2CCCCC2)(c2ccc(Cl)cc2)N1c1ccccc1. The lowest BCUT2D eigenvalue weighted by atomic mass is 9.84. The summed E-state index contributed by atoms with van der Waals surface area (Å²) in [5, 5.41) is 3.88. The highest BCUT2D eigenvalue weighted by Gasteiger charge is 2.53. The van der Waals surface area contributed by atoms with Crippen LogP contribution in [0.2, 0.25) is 5.02 Å². The van der Waals surface area contributed by atoms with Crippen molar-refractivity contribution in [2.24, 2.45) is 0 Å². The Morgan fingerprint density at radius 1 is 1.00 bits per heavy atom. The van der Waals surface area contributed by atoms with Crippen molar-refractivity contribution in [2.75, 3.05) is 4.90 Å². The van der Waals surface area contributed by atoms with E-state index in [0.717, 1.165) is 36.9 Å². The number of nitrogens with zero attached hydrogens (tertiary/aromatic N) is 1. The molecule has 1 aliphatic heterocycles. The van der Waals surface area contributed by atoms with Gasteiger partial charge in [0.2, 0.25) is 5.91 Å². The average molecular weight is 397 g/mol. The van der Waals surface area contributed by atoms with Crippen LogP contribution < -0.4 is 10.2 Å². The van der Waals surface area contributed by atoms with Crippen LogP contribution in [-0.4, -0.2) is 17.9 Å². The molecule has 2 aromatic rings. The van der Waals surface area contributed by atoms with Crippen LogP contribution in [0.4, 0.5) is 5.69 Å². The monoisotopic (exact) mass is 396 g/mol. The molecule has 2 amide bonds. The van der Waals surface area contributed by atoms with Crippen LogP contribution in [0.25, 0.3) is 0 Å². The van der Waals surface area contributed by atoms with Crippen molar-refractivity contribution in [3.8, 4) is 0 Å². The second-order valence-corrected chi connectivity index (χ2v) is 8.18. The number of amides is 2. The van der Waals surface area contributed by atoms with Crippen molar-refractivity contribution in [1.82, 2.24) is 5.32 Å². The molecule has 2 aliphatic rings. The third-order valence-electron chi connectivity index (χ3n) is 5.98. The van der Waals surface area contributed by atoms with E-state index >= 15 is 0 Å². The Kier molecular flexibility index (Phi) is 5.40. The minimum Gasteiger partial charge on any atom is -0.351 e. The van der Waals surface area contributed by atoms with Gasteiger partial charge in [0.05, 0.1) is 0 Å². The Hall–Kier alpha value is -2.33. The summed E-state index contributed by atoms with van der Waals surface area (Å²) < 4.78 is 0. The molecule has 5 heteroatoms. The summed E-state index contributed by atoms with van der Waals surface area (Å²) in [5.41, 5.74) is 0.513. The van der Waals surface area contributed by atoms with Gasteiger partial charge in [-0.05, 0) is 49.1 Å². The molecule has 2 fully saturated rings. The third kappa shape index (κ3) is 3.42. The lowest BCUT2D eigenvalue weighted by molar-refractivity contribution is -0.129. The van der Waals surface area contributed by atoms with E-state index in [1.807, 2.05) is 42.5 Å². The van der Waals surface area contributed by atoms with Gasteiger partial charge in [-0.1, -0.05) is 61.2 Å². The standard InChI is InChI=1S/C23H25ClN2O2/c24-18-13-11-17(12-14-18)23(22(28)25-19-7-3-1-4-8-19)16-15-21(27)26(23)20-9-5-2-6-10-20/h2,5-6,9-14,19H,1,3-4,7-8,15-16H2,(H,25,28). The zero-order valence-corrected chi connectivity index (χ0v) is 16.6. The molecular formula is C23H25ClN2O2. The van der Waals surface area contributed by atoms with Crippen molar-refractivity contribution in [2.45, 2.75) is 56.5 Å². The Balaban J connectivity index is 1.77. The summed E-state index contributed by atoms with van der Waals surface area (Å²) in [6.45, 7) is 0. The highest BCUT2D eigenvalue weighted by Crippen LogP contribution is 2.43. The summed E-state index contributed by atoms with van der Waals surface area (Å²) in [6.07, 6.45) is 6.31. The molecule has 1 saturated carbocycles. The molecule has 4 rings (SSSR count). The fourth-order valence-electron chi connectivity index (χ4n) is 4.56. The number of rotatable bonds is 4. The first kappa shape index (κ1) is 19.0. The van der Waals surface area contributed by atoms with Gasteiger partial charge in [-0.25, -0.2) is 0 Å². The number of anilines is 1. The van der Waals surface area contributed by atoms with Gasteiger partial charge in [0.15, 0.2) is 5.54 Å². The molecule has 0 bridgehead atoms. The predicted octanol–water partition coefficient (Wildman–Crippen LogP) is 4.81. The smallest absolute Gasteiger partial charge is 0.251 e. The number of para-hydroxylation sites is 1. The van der Waals surface area contributed by atoms with E-state index in [2.05, 4.69) is 5.32 Å². The van der Waals surface area contributed by atoms with Gasteiger partial charge in [0, 0.05) is 23.2 Å². The van der Waals surface area contributed by atoms with E-state index in [9.17, 15) is 9.59 Å². The predicted molar refractivity (Wildman–Crippen MR) is 111 cm³/mol. The molecule has 0 spiro atoms. The lowest BCUT2D eigenvalue weighted by Crippen LogP contribution is -2.56. The lowest BCUT2D eigenvalue weighted by Gasteiger charge is -2.39. The van der Waals surface area contributed by atoms with Gasteiger partial charge >= 0.3 is 0 Å². The average Bonchev–Trinajstić information content (AvgIpc) is 3.08. The number of carbonyl (C=O) groups excluding carboxylic acids is 2. The van der Waals surface area contributed by atoms with Crippen LogP contribution in [0.15, 0.2) is 54.6 Å². The minimum atomic E-state index is -1.04. The molecule has 1 unspecified atom stereocenters. The first-order chi connectivity index (χ1) is 13.6. The highest BCUT2D eigenvalue weighted by molar-refractivity contribution is 6.30. The summed E-state index contributed by atoms with van der Waals surface area (Å²) in [7, 11) is 0. The summed E-state index contributed by atoms with van der Waals surface area (Å²) in [4.78, 5) is 28.3. The molecule has 1 heterocycles. The molecule has 146 valence electrons. The van der Waals surface area contributed by atoms with E-state index in [1.54, 1.807) is 17.0 Å². The third-order valence-corrected chi connectivity index (χ3v) is 6.24. The van der Waals surface area contributed by atoms with Crippen molar-refractivity contribution < 1.29 is 9.59 Å². The molecule has 1 atom stereocenters. The van der Waals surface area contributed by atoms with Crippen LogP contribution in [0.3, 0.4) is 0 Å². The number of carbonyl (C=O) groups is 2.